The Morgan fingerprint density at radius 1 is 1.24 bits per heavy atom. The molecule has 4 aromatic rings. The molecule has 0 aromatic carbocycles. The van der Waals surface area contributed by atoms with E-state index >= 15 is 0 Å². The lowest BCUT2D eigenvalue weighted by Crippen LogP contribution is -2.37. The zero-order valence-corrected chi connectivity index (χ0v) is 18.9. The summed E-state index contributed by atoms with van der Waals surface area (Å²) in [7, 11) is 1.55. The van der Waals surface area contributed by atoms with Gasteiger partial charge in [0.1, 0.15) is 12.4 Å². The minimum Gasteiger partial charge on any atom is -0.491 e. The molecule has 0 unspecified atom stereocenters. The van der Waals surface area contributed by atoms with Gasteiger partial charge in [-0.1, -0.05) is 11.2 Å². The van der Waals surface area contributed by atoms with Crippen LogP contribution in [-0.4, -0.2) is 54.4 Å². The van der Waals surface area contributed by atoms with Gasteiger partial charge in [0.05, 0.1) is 12.8 Å². The van der Waals surface area contributed by atoms with Crippen LogP contribution in [0.3, 0.4) is 0 Å². The molecule has 0 spiro atoms. The van der Waals surface area contributed by atoms with Crippen LogP contribution in [0.2, 0.25) is 0 Å². The molecule has 1 aliphatic heterocycles. The standard InChI is InChI=1S/C23H23N7O4/c1-13-9-18(28-34-13)21-26-25-20-10-19(32-2)22(27-30(20)21)33-12-16-6-5-15-11-29(8-7-17(15)24-16)23(31)14-3-4-14/h5-6,9-10,14H,3-4,7-8,11-12H2,1-2H3. The maximum atomic E-state index is 12.4. The van der Waals surface area contributed by atoms with E-state index in [1.54, 1.807) is 30.7 Å². The average Bonchev–Trinajstić information content (AvgIpc) is 3.50. The number of carbonyl (C=O) groups excluding carboxylic acids is 1. The van der Waals surface area contributed by atoms with Crippen molar-refractivity contribution >= 4 is 11.6 Å². The average molecular weight is 461 g/mol. The van der Waals surface area contributed by atoms with E-state index in [1.165, 1.54) is 0 Å². The SMILES string of the molecule is COc1cc2nnc(-c3cc(C)on3)n2nc1OCc1ccc2c(n1)CCN(C(=O)C1CC1)C2. The second kappa shape index (κ2) is 8.08. The fraction of sp³-hybridized carbons (Fsp3) is 0.391. The van der Waals surface area contributed by atoms with Gasteiger partial charge in [-0.3, -0.25) is 9.78 Å². The van der Waals surface area contributed by atoms with Gasteiger partial charge in [-0.25, -0.2) is 0 Å². The smallest absolute Gasteiger partial charge is 0.275 e. The number of nitrogens with zero attached hydrogens (tertiary/aromatic N) is 7. The summed E-state index contributed by atoms with van der Waals surface area (Å²) < 4.78 is 18.1. The number of hydrogen-bond donors (Lipinski definition) is 0. The van der Waals surface area contributed by atoms with Gasteiger partial charge in [0.15, 0.2) is 17.1 Å². The largest absolute Gasteiger partial charge is 0.491 e. The summed E-state index contributed by atoms with van der Waals surface area (Å²) in [5.41, 5.74) is 3.91. The van der Waals surface area contributed by atoms with Gasteiger partial charge in [0.25, 0.3) is 5.88 Å². The van der Waals surface area contributed by atoms with E-state index in [-0.39, 0.29) is 24.3 Å². The second-order valence-corrected chi connectivity index (χ2v) is 8.62. The van der Waals surface area contributed by atoms with E-state index < -0.39 is 0 Å². The van der Waals surface area contributed by atoms with E-state index in [9.17, 15) is 4.79 Å². The van der Waals surface area contributed by atoms with E-state index in [0.717, 1.165) is 36.2 Å². The summed E-state index contributed by atoms with van der Waals surface area (Å²) in [4.78, 5) is 19.1. The molecule has 4 aromatic heterocycles. The van der Waals surface area contributed by atoms with Crippen LogP contribution >= 0.6 is 0 Å². The molecular formula is C23H23N7O4. The quantitative estimate of drug-likeness (QED) is 0.426. The van der Waals surface area contributed by atoms with Crippen molar-refractivity contribution in [1.82, 2.24) is 34.9 Å². The van der Waals surface area contributed by atoms with Crippen molar-refractivity contribution in [3.63, 3.8) is 0 Å². The van der Waals surface area contributed by atoms with E-state index in [4.69, 9.17) is 19.0 Å². The summed E-state index contributed by atoms with van der Waals surface area (Å²) in [6.07, 6.45) is 2.79. The lowest BCUT2D eigenvalue weighted by Gasteiger charge is -2.28. The van der Waals surface area contributed by atoms with Crippen LogP contribution in [0.15, 0.2) is 28.8 Å². The number of methoxy groups -OCH3 is 1. The minimum atomic E-state index is 0.216. The first-order valence-electron chi connectivity index (χ1n) is 11.2. The van der Waals surface area contributed by atoms with Crippen molar-refractivity contribution in [3.8, 4) is 23.1 Å². The third-order valence-corrected chi connectivity index (χ3v) is 6.10. The predicted molar refractivity (Wildman–Crippen MR) is 118 cm³/mol. The first-order chi connectivity index (χ1) is 16.6. The van der Waals surface area contributed by atoms with Crippen LogP contribution in [0.4, 0.5) is 0 Å². The van der Waals surface area contributed by atoms with Gasteiger partial charge < -0.3 is 18.9 Å². The number of carbonyl (C=O) groups is 1. The molecule has 6 rings (SSSR count). The van der Waals surface area contributed by atoms with Crippen molar-refractivity contribution in [3.05, 3.63) is 47.0 Å². The van der Waals surface area contributed by atoms with Gasteiger partial charge in [-0.15, -0.1) is 15.3 Å². The fourth-order valence-corrected chi connectivity index (χ4v) is 4.14. The van der Waals surface area contributed by atoms with E-state index in [2.05, 4.69) is 20.5 Å². The highest BCUT2D eigenvalue weighted by atomic mass is 16.5. The predicted octanol–water partition coefficient (Wildman–Crippen LogP) is 2.37. The van der Waals surface area contributed by atoms with E-state index in [0.29, 0.717) is 41.8 Å². The third kappa shape index (κ3) is 3.72. The topological polar surface area (TPSA) is 121 Å². The lowest BCUT2D eigenvalue weighted by molar-refractivity contribution is -0.133. The molecule has 11 nitrogen and oxygen atoms in total. The molecule has 2 aliphatic rings. The summed E-state index contributed by atoms with van der Waals surface area (Å²) in [5, 5.41) is 16.9. The zero-order chi connectivity index (χ0) is 23.2. The third-order valence-electron chi connectivity index (χ3n) is 6.10. The molecule has 1 fully saturated rings. The van der Waals surface area contributed by atoms with Crippen LogP contribution < -0.4 is 9.47 Å². The molecule has 0 atom stereocenters. The molecule has 1 amide bonds. The number of ether oxygens (including phenoxy) is 2. The van der Waals surface area contributed by atoms with Crippen LogP contribution in [-0.2, 0) is 24.4 Å². The van der Waals surface area contributed by atoms with Crippen molar-refractivity contribution in [2.24, 2.45) is 5.92 Å². The molecule has 0 saturated heterocycles. The summed E-state index contributed by atoms with van der Waals surface area (Å²) >= 11 is 0. The Kier molecular flexibility index (Phi) is 4.89. The maximum Gasteiger partial charge on any atom is 0.275 e. The molecule has 1 saturated carbocycles. The molecule has 5 heterocycles. The lowest BCUT2D eigenvalue weighted by atomic mass is 10.0. The Morgan fingerprint density at radius 2 is 2.12 bits per heavy atom. The number of aryl methyl sites for hydroxylation is 1. The molecule has 0 bridgehead atoms. The number of amides is 1. The summed E-state index contributed by atoms with van der Waals surface area (Å²) in [5.74, 6) is 2.35. The van der Waals surface area contributed by atoms with Crippen molar-refractivity contribution in [2.75, 3.05) is 13.7 Å². The molecule has 1 aliphatic carbocycles. The van der Waals surface area contributed by atoms with Crippen LogP contribution in [0.1, 0.15) is 35.6 Å². The Morgan fingerprint density at radius 3 is 2.88 bits per heavy atom. The highest BCUT2D eigenvalue weighted by Gasteiger charge is 2.34. The molecule has 0 N–H and O–H groups in total. The van der Waals surface area contributed by atoms with Gasteiger partial charge in [-0.05, 0) is 31.4 Å². The maximum absolute atomic E-state index is 12.4. The molecule has 11 heteroatoms. The summed E-state index contributed by atoms with van der Waals surface area (Å²) in [6, 6.07) is 7.43. The first-order valence-corrected chi connectivity index (χ1v) is 11.2. The molecule has 174 valence electrons. The van der Waals surface area contributed by atoms with E-state index in [1.807, 2.05) is 17.0 Å². The minimum absolute atomic E-state index is 0.216. The number of rotatable bonds is 6. The zero-order valence-electron chi connectivity index (χ0n) is 18.9. The van der Waals surface area contributed by atoms with Gasteiger partial charge in [0.2, 0.25) is 11.7 Å². The molecular weight excluding hydrogens is 438 g/mol. The first kappa shape index (κ1) is 20.6. The van der Waals surface area contributed by atoms with Crippen LogP contribution in [0.25, 0.3) is 17.2 Å². The van der Waals surface area contributed by atoms with Crippen molar-refractivity contribution in [1.29, 1.82) is 0 Å². The monoisotopic (exact) mass is 461 g/mol. The highest BCUT2D eigenvalue weighted by Crippen LogP contribution is 2.33. The highest BCUT2D eigenvalue weighted by molar-refractivity contribution is 5.81. The Hall–Kier alpha value is -4.02. The van der Waals surface area contributed by atoms with Gasteiger partial charge >= 0.3 is 0 Å². The van der Waals surface area contributed by atoms with Crippen molar-refractivity contribution in [2.45, 2.75) is 39.3 Å². The van der Waals surface area contributed by atoms with Gasteiger partial charge in [-0.2, -0.15) is 4.52 Å². The number of hydrogen-bond acceptors (Lipinski definition) is 9. The second-order valence-electron chi connectivity index (χ2n) is 8.62. The number of pyridine rings is 1. The van der Waals surface area contributed by atoms with Crippen molar-refractivity contribution < 1.29 is 18.8 Å². The summed E-state index contributed by atoms with van der Waals surface area (Å²) in [6.45, 7) is 3.36. The Bertz CT molecular complexity index is 1390. The van der Waals surface area contributed by atoms with Crippen LogP contribution in [0, 0.1) is 12.8 Å². The molecule has 34 heavy (non-hydrogen) atoms. The number of fused-ring (bicyclic) bond motifs is 2. The van der Waals surface area contributed by atoms with Crippen LogP contribution in [0.5, 0.6) is 11.6 Å². The number of aromatic nitrogens is 6. The molecule has 0 radical (unpaired) electrons. The Labute approximate surface area is 194 Å². The van der Waals surface area contributed by atoms with Gasteiger partial charge in [0, 0.05) is 43.3 Å². The fourth-order valence-electron chi connectivity index (χ4n) is 4.14. The Balaban J connectivity index is 1.22. The normalized spacial score (nSPS) is 15.4.